The number of hydrogen-bond donors (Lipinski definition) is 2. The van der Waals surface area contributed by atoms with Gasteiger partial charge in [-0.15, -0.1) is 0 Å². The van der Waals surface area contributed by atoms with Gasteiger partial charge >= 0.3 is 0 Å². The van der Waals surface area contributed by atoms with E-state index in [1.165, 1.54) is 0 Å². The van der Waals surface area contributed by atoms with E-state index in [2.05, 4.69) is 29.4 Å². The smallest absolute Gasteiger partial charge is 0.239 e. The topological polar surface area (TPSA) is 102 Å². The molecular formula is C33H44N4O6. The summed E-state index contributed by atoms with van der Waals surface area (Å²) < 4.78 is 22.5. The number of rotatable bonds is 10. The lowest BCUT2D eigenvalue weighted by atomic mass is 9.73. The van der Waals surface area contributed by atoms with Crippen LogP contribution in [0.3, 0.4) is 0 Å². The molecule has 2 aliphatic heterocycles. The summed E-state index contributed by atoms with van der Waals surface area (Å²) >= 11 is 0. The van der Waals surface area contributed by atoms with Gasteiger partial charge in [0.2, 0.25) is 11.7 Å². The number of nitrogens with zero attached hydrogens (tertiary/aromatic N) is 2. The van der Waals surface area contributed by atoms with Crippen molar-refractivity contribution >= 4 is 23.1 Å². The van der Waals surface area contributed by atoms with Gasteiger partial charge in [0.15, 0.2) is 17.3 Å². The van der Waals surface area contributed by atoms with Crippen LogP contribution in [0.15, 0.2) is 47.7 Å². The molecular weight excluding hydrogens is 548 g/mol. The maximum atomic E-state index is 14.0. The van der Waals surface area contributed by atoms with Crippen LogP contribution in [0.5, 0.6) is 17.2 Å². The van der Waals surface area contributed by atoms with E-state index in [0.717, 1.165) is 61.9 Å². The molecule has 232 valence electrons. The second kappa shape index (κ2) is 13.3. The maximum Gasteiger partial charge on any atom is 0.239 e. The van der Waals surface area contributed by atoms with E-state index in [-0.39, 0.29) is 23.7 Å². The number of ether oxygens (including phenoxy) is 4. The van der Waals surface area contributed by atoms with Gasteiger partial charge in [-0.25, -0.2) is 0 Å². The van der Waals surface area contributed by atoms with Crippen LogP contribution in [-0.4, -0.2) is 83.9 Å². The number of morpholine rings is 1. The lowest BCUT2D eigenvalue weighted by Gasteiger charge is -2.38. The molecule has 1 fully saturated rings. The molecule has 1 unspecified atom stereocenters. The quantitative estimate of drug-likeness (QED) is 0.394. The van der Waals surface area contributed by atoms with Gasteiger partial charge in [0, 0.05) is 37.3 Å². The highest BCUT2D eigenvalue weighted by molar-refractivity contribution is 6.02. The molecule has 0 saturated carbocycles. The highest BCUT2D eigenvalue weighted by Gasteiger charge is 2.42. The molecule has 1 atom stereocenters. The zero-order chi connectivity index (χ0) is 30.6. The number of allylic oxidation sites excluding steroid dienone is 1. The van der Waals surface area contributed by atoms with Crippen LogP contribution in [0.1, 0.15) is 44.7 Å². The van der Waals surface area contributed by atoms with Crippen LogP contribution in [-0.2, 0) is 14.3 Å². The molecule has 0 radical (unpaired) electrons. The fraction of sp³-hybridized carbons (Fsp3) is 0.515. The largest absolute Gasteiger partial charge is 0.493 e. The van der Waals surface area contributed by atoms with Crippen LogP contribution < -0.4 is 29.7 Å². The number of amides is 1. The van der Waals surface area contributed by atoms with Crippen molar-refractivity contribution in [1.82, 2.24) is 10.2 Å². The van der Waals surface area contributed by atoms with Crippen LogP contribution in [0.25, 0.3) is 0 Å². The number of benzene rings is 2. The zero-order valence-electron chi connectivity index (χ0n) is 26.0. The first-order chi connectivity index (χ1) is 20.7. The summed E-state index contributed by atoms with van der Waals surface area (Å²) in [7, 11) is 4.72. The third kappa shape index (κ3) is 6.75. The van der Waals surface area contributed by atoms with E-state index in [1.807, 2.05) is 41.3 Å². The van der Waals surface area contributed by atoms with Gasteiger partial charge in [-0.2, -0.15) is 0 Å². The molecule has 1 aliphatic carbocycles. The van der Waals surface area contributed by atoms with E-state index >= 15 is 0 Å². The molecule has 3 aliphatic rings. The number of Topliss-reactive ketones (excluding diaryl/α,β-unsaturated/α-hetero) is 1. The maximum absolute atomic E-state index is 14.0. The number of carbonyl (C=O) groups is 2. The van der Waals surface area contributed by atoms with Crippen molar-refractivity contribution in [1.29, 1.82) is 0 Å². The highest BCUT2D eigenvalue weighted by Crippen LogP contribution is 2.50. The van der Waals surface area contributed by atoms with E-state index in [1.54, 1.807) is 21.3 Å². The number of anilines is 2. The summed E-state index contributed by atoms with van der Waals surface area (Å²) in [6.07, 6.45) is 1.96. The fourth-order valence-corrected chi connectivity index (χ4v) is 6.40. The average molecular weight is 593 g/mol. The Morgan fingerprint density at radius 2 is 1.74 bits per heavy atom. The Hall–Kier alpha value is -3.76. The number of carbonyl (C=O) groups excluding carboxylic acids is 2. The summed E-state index contributed by atoms with van der Waals surface area (Å²) in [5.74, 6) is 1.39. The number of hydrogen-bond acceptors (Lipinski definition) is 9. The summed E-state index contributed by atoms with van der Waals surface area (Å²) in [5, 5.41) is 6.72. The molecule has 2 N–H and O–H groups in total. The van der Waals surface area contributed by atoms with Crippen molar-refractivity contribution < 1.29 is 28.5 Å². The lowest BCUT2D eigenvalue weighted by Crippen LogP contribution is -2.43. The van der Waals surface area contributed by atoms with Gasteiger partial charge in [-0.3, -0.25) is 14.5 Å². The first kappa shape index (κ1) is 30.7. The molecule has 10 heteroatoms. The molecule has 0 spiro atoms. The molecule has 2 aromatic rings. The second-order valence-electron chi connectivity index (χ2n) is 12.1. The minimum absolute atomic E-state index is 0.0567. The Labute approximate surface area is 254 Å². The van der Waals surface area contributed by atoms with Gasteiger partial charge in [-0.1, -0.05) is 26.0 Å². The van der Waals surface area contributed by atoms with E-state index in [9.17, 15) is 9.59 Å². The van der Waals surface area contributed by atoms with Crippen LogP contribution in [0.4, 0.5) is 11.4 Å². The zero-order valence-corrected chi connectivity index (χ0v) is 26.0. The Kier molecular flexibility index (Phi) is 9.46. The van der Waals surface area contributed by atoms with Crippen molar-refractivity contribution in [3.63, 3.8) is 0 Å². The van der Waals surface area contributed by atoms with Crippen molar-refractivity contribution in [2.24, 2.45) is 5.41 Å². The number of para-hydroxylation sites is 2. The molecule has 5 rings (SSSR count). The minimum Gasteiger partial charge on any atom is -0.493 e. The van der Waals surface area contributed by atoms with E-state index < -0.39 is 6.04 Å². The second-order valence-corrected chi connectivity index (χ2v) is 12.1. The van der Waals surface area contributed by atoms with Gasteiger partial charge in [0.25, 0.3) is 0 Å². The SMILES string of the molecule is COc1cc(C2C3=C(CC(C)(C)CC3=O)Nc3ccccc3N2CC(=O)NCCCN2CCOCC2)cc(OC)c1OC. The van der Waals surface area contributed by atoms with Gasteiger partial charge in [0.1, 0.15) is 0 Å². The number of fused-ring (bicyclic) bond motifs is 1. The van der Waals surface area contributed by atoms with Crippen LogP contribution in [0, 0.1) is 5.41 Å². The number of methoxy groups -OCH3 is 3. The number of nitrogens with one attached hydrogen (secondary N) is 2. The van der Waals surface area contributed by atoms with Gasteiger partial charge < -0.3 is 34.5 Å². The predicted molar refractivity (Wildman–Crippen MR) is 166 cm³/mol. The minimum atomic E-state index is -0.567. The highest BCUT2D eigenvalue weighted by atomic mass is 16.5. The summed E-state index contributed by atoms with van der Waals surface area (Å²) in [4.78, 5) is 32.0. The summed E-state index contributed by atoms with van der Waals surface area (Å²) in [5.41, 5.74) is 3.80. The molecule has 43 heavy (non-hydrogen) atoms. The van der Waals surface area contributed by atoms with E-state index in [0.29, 0.717) is 42.2 Å². The Morgan fingerprint density at radius 1 is 1.05 bits per heavy atom. The molecule has 2 aromatic carbocycles. The van der Waals surface area contributed by atoms with Crippen molar-refractivity contribution in [2.75, 3.05) is 77.5 Å². The average Bonchev–Trinajstić information content (AvgIpc) is 3.12. The standard InChI is InChI=1S/C33H44N4O6/c1-33(2)19-24-30(26(38)20-33)31(22-17-27(40-3)32(42-5)28(18-22)41-4)37(25-10-7-6-9-23(25)35-24)21-29(39)34-11-8-12-36-13-15-43-16-14-36/h6-7,9-10,17-18,31,35H,8,11-16,19-21H2,1-5H3,(H,34,39). The third-order valence-electron chi connectivity index (χ3n) is 8.40. The van der Waals surface area contributed by atoms with E-state index in [4.69, 9.17) is 18.9 Å². The molecule has 10 nitrogen and oxygen atoms in total. The first-order valence-corrected chi connectivity index (χ1v) is 15.0. The summed E-state index contributed by atoms with van der Waals surface area (Å²) in [6.45, 7) is 9.12. The van der Waals surface area contributed by atoms with Gasteiger partial charge in [-0.05, 0) is 54.6 Å². The fourth-order valence-electron chi connectivity index (χ4n) is 6.40. The van der Waals surface area contributed by atoms with Crippen molar-refractivity contribution in [2.45, 2.75) is 39.2 Å². The Morgan fingerprint density at radius 3 is 2.42 bits per heavy atom. The molecule has 0 bridgehead atoms. The number of ketones is 1. The monoisotopic (exact) mass is 592 g/mol. The van der Waals surface area contributed by atoms with Crippen molar-refractivity contribution in [3.8, 4) is 17.2 Å². The molecule has 1 amide bonds. The normalized spacial score (nSPS) is 20.0. The lowest BCUT2D eigenvalue weighted by molar-refractivity contribution is -0.120. The molecule has 1 saturated heterocycles. The Bertz CT molecular complexity index is 1340. The molecule has 2 heterocycles. The van der Waals surface area contributed by atoms with Gasteiger partial charge in [0.05, 0.1) is 58.5 Å². The first-order valence-electron chi connectivity index (χ1n) is 15.0. The van der Waals surface area contributed by atoms with Crippen LogP contribution >= 0.6 is 0 Å². The Balaban J connectivity index is 1.53. The van der Waals surface area contributed by atoms with Crippen LogP contribution in [0.2, 0.25) is 0 Å². The summed E-state index contributed by atoms with van der Waals surface area (Å²) in [6, 6.07) is 11.1. The third-order valence-corrected chi connectivity index (χ3v) is 8.40. The predicted octanol–water partition coefficient (Wildman–Crippen LogP) is 4.17. The molecule has 0 aromatic heterocycles. The van der Waals surface area contributed by atoms with Crippen molar-refractivity contribution in [3.05, 3.63) is 53.2 Å².